The molecule has 0 radical (unpaired) electrons. The highest BCUT2D eigenvalue weighted by atomic mass is 35.5. The van der Waals surface area contributed by atoms with Gasteiger partial charge in [0.2, 0.25) is 0 Å². The Hall–Kier alpha value is -3.84. The molecule has 0 N–H and O–H groups in total. The molecule has 180 valence electrons. The van der Waals surface area contributed by atoms with Gasteiger partial charge in [-0.1, -0.05) is 48.0 Å². The van der Waals surface area contributed by atoms with E-state index >= 15 is 0 Å². The van der Waals surface area contributed by atoms with E-state index in [0.717, 1.165) is 5.56 Å². The topological polar surface area (TPSA) is 76.1 Å². The molecule has 2 aliphatic rings. The lowest BCUT2D eigenvalue weighted by Gasteiger charge is -2.34. The molecule has 0 saturated carbocycles. The molecule has 0 unspecified atom stereocenters. The van der Waals surface area contributed by atoms with Crippen LogP contribution >= 0.6 is 11.6 Å². The molecule has 0 fully saturated rings. The van der Waals surface area contributed by atoms with Gasteiger partial charge in [0.1, 0.15) is 5.57 Å². The van der Waals surface area contributed by atoms with Crippen molar-refractivity contribution in [2.24, 2.45) is 0 Å². The quantitative estimate of drug-likeness (QED) is 0.462. The number of fused-ring (bicyclic) bond motifs is 3. The van der Waals surface area contributed by atoms with Gasteiger partial charge in [0.25, 0.3) is 5.91 Å². The summed E-state index contributed by atoms with van der Waals surface area (Å²) in [5.41, 5.74) is 2.97. The Bertz CT molecular complexity index is 1250. The maximum absolute atomic E-state index is 13.8. The lowest BCUT2D eigenvalue weighted by molar-refractivity contribution is -0.138. The van der Waals surface area contributed by atoms with Crippen LogP contribution in [-0.4, -0.2) is 43.5 Å². The average Bonchev–Trinajstić information content (AvgIpc) is 2.86. The van der Waals surface area contributed by atoms with Crippen LogP contribution in [0.5, 0.6) is 0 Å². The third kappa shape index (κ3) is 5.15. The summed E-state index contributed by atoms with van der Waals surface area (Å²) < 4.78 is 9.94. The maximum Gasteiger partial charge on any atom is 0.345 e. The fraction of sp³-hybridized carbons (Fsp3) is 0.222. The highest BCUT2D eigenvalue weighted by molar-refractivity contribution is 6.31. The summed E-state index contributed by atoms with van der Waals surface area (Å²) in [5.74, 6) is -1.70. The molecule has 2 aromatic carbocycles. The third-order valence-corrected chi connectivity index (χ3v) is 6.10. The number of carbonyl (C=O) groups excluding carboxylic acids is 3. The van der Waals surface area contributed by atoms with Crippen LogP contribution in [0.2, 0.25) is 5.02 Å². The van der Waals surface area contributed by atoms with Gasteiger partial charge in [-0.15, -0.1) is 0 Å². The van der Waals surface area contributed by atoms with Gasteiger partial charge in [-0.05, 0) is 42.7 Å². The Kier molecular flexibility index (Phi) is 7.36. The number of benzene rings is 2. The lowest BCUT2D eigenvalue weighted by Crippen LogP contribution is -2.38. The second-order valence-electron chi connectivity index (χ2n) is 8.09. The second-order valence-corrected chi connectivity index (χ2v) is 8.53. The standard InChI is InChI=1S/C27H25ClN2O5/c1-34-26(32)19-10-6-7-13-29-17-22(27(33)35-2)25(31)30(16-18-8-4-3-5-9-18)23-12-11-20(28)15-21(23)24(29)14-19/h3-5,8-12,14-15,17H,6-7,13,16H2,1-2H3/b19-10+,22-17+,24-14-. The Morgan fingerprint density at radius 3 is 2.49 bits per heavy atom. The molecule has 0 spiro atoms. The number of carbonyl (C=O) groups is 3. The van der Waals surface area contributed by atoms with Crippen LogP contribution in [0.3, 0.4) is 0 Å². The van der Waals surface area contributed by atoms with Gasteiger partial charge in [-0.25, -0.2) is 9.59 Å². The van der Waals surface area contributed by atoms with Crippen molar-refractivity contribution in [3.8, 4) is 0 Å². The number of amides is 1. The fourth-order valence-electron chi connectivity index (χ4n) is 4.14. The first-order valence-corrected chi connectivity index (χ1v) is 11.5. The second kappa shape index (κ2) is 10.6. The zero-order valence-corrected chi connectivity index (χ0v) is 20.2. The minimum atomic E-state index is -0.740. The first-order valence-electron chi connectivity index (χ1n) is 11.2. The summed E-state index contributed by atoms with van der Waals surface area (Å²) in [5, 5.41) is 0.472. The molecule has 0 bridgehead atoms. The van der Waals surface area contributed by atoms with Gasteiger partial charge >= 0.3 is 11.9 Å². The molecule has 2 aliphatic heterocycles. The number of anilines is 1. The van der Waals surface area contributed by atoms with Gasteiger partial charge in [0.15, 0.2) is 0 Å². The molecule has 0 aromatic heterocycles. The van der Waals surface area contributed by atoms with Gasteiger partial charge < -0.3 is 19.3 Å². The molecule has 0 saturated heterocycles. The van der Waals surface area contributed by atoms with Crippen molar-refractivity contribution in [3.05, 3.63) is 94.2 Å². The lowest BCUT2D eigenvalue weighted by atomic mass is 9.99. The van der Waals surface area contributed by atoms with E-state index in [1.165, 1.54) is 25.3 Å². The zero-order valence-electron chi connectivity index (χ0n) is 19.5. The van der Waals surface area contributed by atoms with Crippen molar-refractivity contribution in [2.45, 2.75) is 19.4 Å². The van der Waals surface area contributed by atoms with Crippen molar-refractivity contribution < 1.29 is 23.9 Å². The predicted molar refractivity (Wildman–Crippen MR) is 133 cm³/mol. The van der Waals surface area contributed by atoms with Crippen LogP contribution in [0.1, 0.15) is 24.0 Å². The van der Waals surface area contributed by atoms with Gasteiger partial charge in [-0.2, -0.15) is 0 Å². The van der Waals surface area contributed by atoms with Crippen molar-refractivity contribution in [2.75, 3.05) is 25.7 Å². The number of ether oxygens (including phenoxy) is 2. The van der Waals surface area contributed by atoms with Gasteiger partial charge in [0, 0.05) is 23.3 Å². The largest absolute Gasteiger partial charge is 0.465 e. The number of halogens is 1. The van der Waals surface area contributed by atoms with Crippen LogP contribution in [0, 0.1) is 0 Å². The summed E-state index contributed by atoms with van der Waals surface area (Å²) in [6.07, 6.45) is 6.35. The average molecular weight is 493 g/mol. The van der Waals surface area contributed by atoms with Gasteiger partial charge in [-0.3, -0.25) is 4.79 Å². The molecule has 2 aromatic rings. The van der Waals surface area contributed by atoms with Crippen molar-refractivity contribution in [3.63, 3.8) is 0 Å². The highest BCUT2D eigenvalue weighted by Gasteiger charge is 2.33. The predicted octanol–water partition coefficient (Wildman–Crippen LogP) is 4.48. The number of allylic oxidation sites excluding steroid dienone is 1. The number of esters is 2. The van der Waals surface area contributed by atoms with Crippen LogP contribution < -0.4 is 4.90 Å². The molecular formula is C27H25ClN2O5. The van der Waals surface area contributed by atoms with Crippen molar-refractivity contribution in [1.82, 2.24) is 4.90 Å². The van der Waals surface area contributed by atoms with Crippen LogP contribution in [0.15, 0.2) is 78.0 Å². The monoisotopic (exact) mass is 492 g/mol. The fourth-order valence-corrected chi connectivity index (χ4v) is 4.32. The van der Waals surface area contributed by atoms with E-state index in [1.807, 2.05) is 36.4 Å². The van der Waals surface area contributed by atoms with Crippen LogP contribution in [-0.2, 0) is 30.4 Å². The summed E-state index contributed by atoms with van der Waals surface area (Å²) >= 11 is 6.40. The van der Waals surface area contributed by atoms with E-state index in [-0.39, 0.29) is 12.1 Å². The molecular weight excluding hydrogens is 468 g/mol. The van der Waals surface area contributed by atoms with E-state index in [2.05, 4.69) is 0 Å². The SMILES string of the molecule is COC(=O)C1=C/CCCN2/C=C(/C(=O)OC)C(=O)N(Cc3ccccc3)c3ccc(Cl)cc3\C2=C\1. The molecule has 4 rings (SSSR count). The molecule has 0 aliphatic carbocycles. The number of methoxy groups -OCH3 is 2. The summed E-state index contributed by atoms with van der Waals surface area (Å²) in [4.78, 5) is 42.4. The van der Waals surface area contributed by atoms with E-state index in [9.17, 15) is 14.4 Å². The molecule has 2 heterocycles. The number of nitrogens with zero attached hydrogens (tertiary/aromatic N) is 2. The van der Waals surface area contributed by atoms with E-state index < -0.39 is 17.8 Å². The molecule has 0 atom stereocenters. The summed E-state index contributed by atoms with van der Waals surface area (Å²) in [7, 11) is 2.57. The zero-order chi connectivity index (χ0) is 24.9. The van der Waals surface area contributed by atoms with Crippen molar-refractivity contribution >= 4 is 40.8 Å². The Morgan fingerprint density at radius 1 is 1.03 bits per heavy atom. The molecule has 7 nitrogen and oxygen atoms in total. The number of rotatable bonds is 4. The Labute approximate surface area is 208 Å². The van der Waals surface area contributed by atoms with E-state index in [1.54, 1.807) is 29.2 Å². The van der Waals surface area contributed by atoms with Crippen LogP contribution in [0.4, 0.5) is 5.69 Å². The first-order chi connectivity index (χ1) is 16.9. The molecule has 35 heavy (non-hydrogen) atoms. The third-order valence-electron chi connectivity index (χ3n) is 5.86. The number of hydrogen-bond acceptors (Lipinski definition) is 6. The minimum absolute atomic E-state index is 0.112. The van der Waals surface area contributed by atoms with E-state index in [0.29, 0.717) is 46.9 Å². The van der Waals surface area contributed by atoms with E-state index in [4.69, 9.17) is 21.1 Å². The van der Waals surface area contributed by atoms with Crippen LogP contribution in [0.25, 0.3) is 5.70 Å². The normalized spacial score (nSPS) is 20.2. The maximum atomic E-state index is 13.8. The summed E-state index contributed by atoms with van der Waals surface area (Å²) in [6, 6.07) is 14.7. The molecule has 8 heteroatoms. The smallest absolute Gasteiger partial charge is 0.345 e. The Balaban J connectivity index is 1.98. The summed E-state index contributed by atoms with van der Waals surface area (Å²) in [6.45, 7) is 0.727. The number of hydrogen-bond donors (Lipinski definition) is 0. The highest BCUT2D eigenvalue weighted by Crippen LogP contribution is 2.37. The Morgan fingerprint density at radius 2 is 1.77 bits per heavy atom. The molecule has 1 amide bonds. The van der Waals surface area contributed by atoms with Crippen molar-refractivity contribution in [1.29, 1.82) is 0 Å². The van der Waals surface area contributed by atoms with Gasteiger partial charge in [0.05, 0.1) is 37.7 Å². The first kappa shape index (κ1) is 24.3. The minimum Gasteiger partial charge on any atom is -0.465 e.